The molecule has 0 spiro atoms. The fraction of sp³-hybridized carbons (Fsp3) is 0.294. The predicted molar refractivity (Wildman–Crippen MR) is 88.8 cm³/mol. The third kappa shape index (κ3) is 2.87. The number of nitrogens with one attached hydrogen (secondary N) is 1. The van der Waals surface area contributed by atoms with E-state index in [0.29, 0.717) is 11.7 Å². The molecule has 1 atom stereocenters. The van der Waals surface area contributed by atoms with Gasteiger partial charge < -0.3 is 15.3 Å². The van der Waals surface area contributed by atoms with Gasteiger partial charge in [-0.25, -0.2) is 0 Å². The van der Waals surface area contributed by atoms with Crippen LogP contribution in [0, 0.1) is 5.92 Å². The average Bonchev–Trinajstić information content (AvgIpc) is 2.47. The summed E-state index contributed by atoms with van der Waals surface area (Å²) in [6.07, 6.45) is 0. The van der Waals surface area contributed by atoms with Crippen molar-refractivity contribution >= 4 is 23.1 Å². The first-order chi connectivity index (χ1) is 10.2. The van der Waals surface area contributed by atoms with Crippen LogP contribution >= 0.6 is 11.8 Å². The standard InChI is InChI=1S/C17H20N2OS/c1-12(10-18-2)11-19-14-5-3-4-6-16(14)21-17-9-13(20)7-8-15(17)19/h3-9,12,18,20H,10-11H2,1-2H3. The number of aromatic hydroxyl groups is 1. The Balaban J connectivity index is 2.01. The first kappa shape index (κ1) is 14.3. The van der Waals surface area contributed by atoms with Gasteiger partial charge in [-0.05, 0) is 49.8 Å². The molecule has 1 aliphatic heterocycles. The molecule has 0 aromatic heterocycles. The molecule has 2 aromatic rings. The summed E-state index contributed by atoms with van der Waals surface area (Å²) in [6, 6.07) is 14.1. The van der Waals surface area contributed by atoms with Crippen molar-refractivity contribution in [1.82, 2.24) is 5.32 Å². The molecule has 3 rings (SSSR count). The van der Waals surface area contributed by atoms with Crippen LogP contribution in [0.1, 0.15) is 6.92 Å². The highest BCUT2D eigenvalue weighted by Gasteiger charge is 2.24. The normalized spacial score (nSPS) is 14.5. The molecule has 0 bridgehead atoms. The molecular weight excluding hydrogens is 280 g/mol. The summed E-state index contributed by atoms with van der Waals surface area (Å²) in [6.45, 7) is 4.19. The molecule has 2 aromatic carbocycles. The van der Waals surface area contributed by atoms with Gasteiger partial charge in [-0.3, -0.25) is 0 Å². The van der Waals surface area contributed by atoms with Crippen LogP contribution in [0.3, 0.4) is 0 Å². The van der Waals surface area contributed by atoms with Gasteiger partial charge in [-0.2, -0.15) is 0 Å². The van der Waals surface area contributed by atoms with E-state index < -0.39 is 0 Å². The molecule has 0 radical (unpaired) electrons. The first-order valence-electron chi connectivity index (χ1n) is 7.21. The summed E-state index contributed by atoms with van der Waals surface area (Å²) in [4.78, 5) is 4.72. The molecule has 4 heteroatoms. The van der Waals surface area contributed by atoms with Crippen LogP contribution in [0.25, 0.3) is 0 Å². The van der Waals surface area contributed by atoms with E-state index in [4.69, 9.17) is 0 Å². The van der Waals surface area contributed by atoms with E-state index in [0.717, 1.165) is 18.0 Å². The van der Waals surface area contributed by atoms with Crippen molar-refractivity contribution in [2.75, 3.05) is 25.0 Å². The van der Waals surface area contributed by atoms with E-state index in [2.05, 4.69) is 41.4 Å². The van der Waals surface area contributed by atoms with Crippen molar-refractivity contribution < 1.29 is 5.11 Å². The maximum Gasteiger partial charge on any atom is 0.116 e. The lowest BCUT2D eigenvalue weighted by atomic mass is 10.1. The molecule has 0 saturated carbocycles. The molecule has 2 N–H and O–H groups in total. The molecule has 1 heterocycles. The highest BCUT2D eigenvalue weighted by atomic mass is 32.2. The lowest BCUT2D eigenvalue weighted by Crippen LogP contribution is -2.30. The maximum atomic E-state index is 9.75. The second-order valence-electron chi connectivity index (χ2n) is 5.50. The number of rotatable bonds is 4. The smallest absolute Gasteiger partial charge is 0.116 e. The highest BCUT2D eigenvalue weighted by Crippen LogP contribution is 2.49. The van der Waals surface area contributed by atoms with Crippen molar-refractivity contribution in [3.05, 3.63) is 42.5 Å². The number of para-hydroxylation sites is 1. The third-order valence-corrected chi connectivity index (χ3v) is 4.77. The summed E-state index contributed by atoms with van der Waals surface area (Å²) in [5, 5.41) is 13.0. The average molecular weight is 300 g/mol. The van der Waals surface area contributed by atoms with Crippen LogP contribution in [0.2, 0.25) is 0 Å². The second-order valence-corrected chi connectivity index (χ2v) is 6.58. The molecule has 0 saturated heterocycles. The minimum Gasteiger partial charge on any atom is -0.508 e. The van der Waals surface area contributed by atoms with Gasteiger partial charge in [0, 0.05) is 16.3 Å². The largest absolute Gasteiger partial charge is 0.508 e. The lowest BCUT2D eigenvalue weighted by Gasteiger charge is -2.34. The monoisotopic (exact) mass is 300 g/mol. The van der Waals surface area contributed by atoms with Gasteiger partial charge in [-0.15, -0.1) is 0 Å². The summed E-state index contributed by atoms with van der Waals surface area (Å²) >= 11 is 1.72. The molecule has 1 aliphatic rings. The summed E-state index contributed by atoms with van der Waals surface area (Å²) in [7, 11) is 1.99. The molecular formula is C17H20N2OS. The Morgan fingerprint density at radius 3 is 2.71 bits per heavy atom. The second kappa shape index (κ2) is 6.00. The molecule has 0 amide bonds. The zero-order chi connectivity index (χ0) is 14.8. The van der Waals surface area contributed by atoms with E-state index >= 15 is 0 Å². The van der Waals surface area contributed by atoms with Crippen LogP contribution < -0.4 is 10.2 Å². The van der Waals surface area contributed by atoms with E-state index in [1.54, 1.807) is 17.8 Å². The zero-order valence-electron chi connectivity index (χ0n) is 12.3. The number of anilines is 2. The Labute approximate surface area is 130 Å². The predicted octanol–water partition coefficient (Wildman–Crippen LogP) is 3.85. The Morgan fingerprint density at radius 2 is 1.90 bits per heavy atom. The Bertz CT molecular complexity index is 644. The van der Waals surface area contributed by atoms with Crippen molar-refractivity contribution in [2.45, 2.75) is 16.7 Å². The van der Waals surface area contributed by atoms with E-state index in [9.17, 15) is 5.11 Å². The van der Waals surface area contributed by atoms with Gasteiger partial charge in [0.2, 0.25) is 0 Å². The number of phenols is 1. The highest BCUT2D eigenvalue weighted by molar-refractivity contribution is 7.99. The van der Waals surface area contributed by atoms with E-state index in [1.807, 2.05) is 19.2 Å². The van der Waals surface area contributed by atoms with Gasteiger partial charge in [0.1, 0.15) is 5.75 Å². The molecule has 0 aliphatic carbocycles. The molecule has 1 unspecified atom stereocenters. The van der Waals surface area contributed by atoms with Gasteiger partial charge in [0.25, 0.3) is 0 Å². The summed E-state index contributed by atoms with van der Waals surface area (Å²) < 4.78 is 0. The van der Waals surface area contributed by atoms with Gasteiger partial charge >= 0.3 is 0 Å². The zero-order valence-corrected chi connectivity index (χ0v) is 13.2. The van der Waals surface area contributed by atoms with Crippen LogP contribution in [0.4, 0.5) is 11.4 Å². The molecule has 21 heavy (non-hydrogen) atoms. The summed E-state index contributed by atoms with van der Waals surface area (Å²) in [5.74, 6) is 0.858. The third-order valence-electron chi connectivity index (χ3n) is 3.66. The number of benzene rings is 2. The number of nitrogens with zero attached hydrogens (tertiary/aromatic N) is 1. The first-order valence-corrected chi connectivity index (χ1v) is 8.02. The van der Waals surface area contributed by atoms with Crippen LogP contribution in [-0.2, 0) is 0 Å². The van der Waals surface area contributed by atoms with Crippen molar-refractivity contribution in [3.8, 4) is 5.75 Å². The topological polar surface area (TPSA) is 35.5 Å². The Kier molecular flexibility index (Phi) is 4.08. The molecule has 0 fully saturated rings. The van der Waals surface area contributed by atoms with Crippen LogP contribution in [0.15, 0.2) is 52.3 Å². The molecule has 3 nitrogen and oxygen atoms in total. The Morgan fingerprint density at radius 1 is 1.14 bits per heavy atom. The summed E-state index contributed by atoms with van der Waals surface area (Å²) in [5.41, 5.74) is 2.43. The fourth-order valence-corrected chi connectivity index (χ4v) is 3.87. The molecule has 110 valence electrons. The van der Waals surface area contributed by atoms with Crippen LogP contribution in [-0.4, -0.2) is 25.2 Å². The fourth-order valence-electron chi connectivity index (χ4n) is 2.74. The Hall–Kier alpha value is -1.65. The SMILES string of the molecule is CNCC(C)CN1c2ccccc2Sc2cc(O)ccc21. The quantitative estimate of drug-likeness (QED) is 0.899. The minimum atomic E-state index is 0.323. The van der Waals surface area contributed by atoms with Crippen molar-refractivity contribution in [1.29, 1.82) is 0 Å². The minimum absolute atomic E-state index is 0.323. The lowest BCUT2D eigenvalue weighted by molar-refractivity contribution is 0.473. The van der Waals surface area contributed by atoms with E-state index in [1.165, 1.54) is 16.3 Å². The van der Waals surface area contributed by atoms with Gasteiger partial charge in [0.05, 0.1) is 11.4 Å². The number of phenolic OH excluding ortho intramolecular Hbond substituents is 1. The van der Waals surface area contributed by atoms with E-state index in [-0.39, 0.29) is 0 Å². The number of hydrogen-bond acceptors (Lipinski definition) is 4. The van der Waals surface area contributed by atoms with Crippen molar-refractivity contribution in [3.63, 3.8) is 0 Å². The maximum absolute atomic E-state index is 9.75. The van der Waals surface area contributed by atoms with Crippen molar-refractivity contribution in [2.24, 2.45) is 5.92 Å². The van der Waals surface area contributed by atoms with Gasteiger partial charge in [-0.1, -0.05) is 30.8 Å². The van der Waals surface area contributed by atoms with Gasteiger partial charge in [0.15, 0.2) is 0 Å². The number of hydrogen-bond donors (Lipinski definition) is 2. The number of fused-ring (bicyclic) bond motifs is 2. The van der Waals surface area contributed by atoms with Crippen LogP contribution in [0.5, 0.6) is 5.75 Å².